The molecule has 0 fully saturated rings. The van der Waals surface area contributed by atoms with Gasteiger partial charge in [0.05, 0.1) is 0 Å². The van der Waals surface area contributed by atoms with Crippen LogP contribution < -0.4 is 74.4 Å². The van der Waals surface area contributed by atoms with E-state index in [9.17, 15) is 43.2 Å². The highest BCUT2D eigenvalue weighted by Crippen LogP contribution is 2.13. The first-order chi connectivity index (χ1) is 42.8. The molecular weight excluding hydrogens is 1140 g/mol. The van der Waals surface area contributed by atoms with Gasteiger partial charge in [-0.2, -0.15) is 0 Å². The minimum atomic E-state index is -1.07. The summed E-state index contributed by atoms with van der Waals surface area (Å²) in [5, 5.41) is 43.0. The molecule has 0 heterocycles. The van der Waals surface area contributed by atoms with E-state index < -0.39 is 65.5 Å². The molecular formula is C65H128N14O10. The zero-order valence-corrected chi connectivity index (χ0v) is 57.0. The van der Waals surface area contributed by atoms with Crippen molar-refractivity contribution >= 4 is 53.4 Å². The van der Waals surface area contributed by atoms with E-state index >= 15 is 0 Å². The first kappa shape index (κ1) is 83.8. The van der Waals surface area contributed by atoms with Crippen LogP contribution in [0, 0.1) is 0 Å². The maximum Gasteiger partial charge on any atom is 0.407 e. The molecule has 0 saturated heterocycles. The van der Waals surface area contributed by atoms with Crippen molar-refractivity contribution in [3.8, 4) is 0 Å². The lowest BCUT2D eigenvalue weighted by atomic mass is 10.0. The van der Waals surface area contributed by atoms with E-state index in [1.807, 2.05) is 62.3 Å². The van der Waals surface area contributed by atoms with Crippen LogP contribution >= 0.6 is 0 Å². The summed E-state index contributed by atoms with van der Waals surface area (Å²) in [6.45, 7) is 26.9. The van der Waals surface area contributed by atoms with E-state index in [1.165, 1.54) is 0 Å². The van der Waals surface area contributed by atoms with Crippen LogP contribution in [0.4, 0.5) is 4.79 Å². The van der Waals surface area contributed by atoms with Crippen molar-refractivity contribution in [1.29, 1.82) is 0 Å². The Labute approximate surface area is 536 Å². The van der Waals surface area contributed by atoms with Gasteiger partial charge in [-0.3, -0.25) is 38.4 Å². The number of hydrogen-bond acceptors (Lipinski definition) is 15. The Kier molecular flexibility index (Phi) is 53.5. The molecule has 0 aromatic rings. The second-order valence-corrected chi connectivity index (χ2v) is 24.1. The smallest absolute Gasteiger partial charge is 0.407 e. The minimum absolute atomic E-state index is 0.00153. The molecule has 14 N–H and O–H groups in total. The van der Waals surface area contributed by atoms with Gasteiger partial charge in [0.2, 0.25) is 47.3 Å². The lowest BCUT2D eigenvalue weighted by molar-refractivity contribution is -0.135. The number of nitrogens with one attached hydrogen (secondary N) is 14. The Bertz CT molecular complexity index is 1900. The zero-order chi connectivity index (χ0) is 66.2. The van der Waals surface area contributed by atoms with E-state index in [2.05, 4.69) is 74.4 Å². The molecule has 0 aromatic heterocycles. The molecule has 0 bridgehead atoms. The minimum Gasteiger partial charge on any atom is -0.444 e. The highest BCUT2D eigenvalue weighted by molar-refractivity contribution is 5.96. The molecule has 0 rings (SSSR count). The largest absolute Gasteiger partial charge is 0.444 e. The highest BCUT2D eigenvalue weighted by Gasteiger charge is 2.33. The van der Waals surface area contributed by atoms with Crippen molar-refractivity contribution in [2.75, 3.05) is 91.6 Å². The highest BCUT2D eigenvalue weighted by atomic mass is 16.6. The molecule has 0 aliphatic heterocycles. The molecule has 518 valence electrons. The average molecular weight is 1270 g/mol. The molecule has 0 aliphatic carbocycles. The van der Waals surface area contributed by atoms with E-state index in [4.69, 9.17) is 4.74 Å². The van der Waals surface area contributed by atoms with Crippen molar-refractivity contribution in [1.82, 2.24) is 74.4 Å². The van der Waals surface area contributed by atoms with Gasteiger partial charge in [-0.05, 0) is 228 Å². The first-order valence-electron chi connectivity index (χ1n) is 34.7. The van der Waals surface area contributed by atoms with Crippen LogP contribution in [0.2, 0.25) is 0 Å². The number of carbonyl (C=O) groups excluding carboxylic acids is 9. The summed E-state index contributed by atoms with van der Waals surface area (Å²) in [6, 6.07) is -4.92. The summed E-state index contributed by atoms with van der Waals surface area (Å²) < 4.78 is 5.25. The van der Waals surface area contributed by atoms with Crippen LogP contribution in [0.3, 0.4) is 0 Å². The van der Waals surface area contributed by atoms with Gasteiger partial charge in [0, 0.05) is 45.4 Å². The summed E-state index contributed by atoms with van der Waals surface area (Å²) in [6.07, 6.45) is 15.1. The van der Waals surface area contributed by atoms with Crippen LogP contribution in [-0.4, -0.2) is 181 Å². The number of rotatable bonds is 59. The topological polar surface area (TPSA) is 331 Å². The molecule has 24 heteroatoms. The number of amides is 9. The van der Waals surface area contributed by atoms with E-state index in [1.54, 1.807) is 0 Å². The van der Waals surface area contributed by atoms with Crippen LogP contribution in [0.1, 0.15) is 236 Å². The molecule has 24 nitrogen and oxygen atoms in total. The molecule has 0 aliphatic rings. The fourth-order valence-corrected chi connectivity index (χ4v) is 9.78. The number of ether oxygens (including phenoxy) is 1. The van der Waals surface area contributed by atoms with E-state index in [0.717, 1.165) is 104 Å². The van der Waals surface area contributed by atoms with Gasteiger partial charge in [0.15, 0.2) is 0 Å². The predicted molar refractivity (Wildman–Crippen MR) is 356 cm³/mol. The van der Waals surface area contributed by atoms with Gasteiger partial charge >= 0.3 is 6.09 Å². The van der Waals surface area contributed by atoms with Crippen molar-refractivity contribution in [3.05, 3.63) is 0 Å². The Balaban J connectivity index is 6.40. The molecule has 89 heavy (non-hydrogen) atoms. The van der Waals surface area contributed by atoms with Gasteiger partial charge in [-0.25, -0.2) is 4.79 Å². The van der Waals surface area contributed by atoms with Crippen LogP contribution in [0.5, 0.6) is 0 Å². The van der Waals surface area contributed by atoms with E-state index in [-0.39, 0.29) is 49.3 Å². The maximum absolute atomic E-state index is 14.7. The van der Waals surface area contributed by atoms with Gasteiger partial charge < -0.3 is 79.2 Å². The van der Waals surface area contributed by atoms with Crippen molar-refractivity contribution < 1.29 is 47.9 Å². The van der Waals surface area contributed by atoms with Gasteiger partial charge in [0.25, 0.3) is 0 Å². The van der Waals surface area contributed by atoms with Crippen molar-refractivity contribution in [2.45, 2.75) is 271 Å². The van der Waals surface area contributed by atoms with Crippen LogP contribution in [0.25, 0.3) is 0 Å². The summed E-state index contributed by atoms with van der Waals surface area (Å²) in [5.74, 6) is -2.73. The number of alkyl carbamates (subject to hydrolysis) is 1. The zero-order valence-electron chi connectivity index (χ0n) is 57.0. The quantitative estimate of drug-likeness (QED) is 0.0361. The van der Waals surface area contributed by atoms with Gasteiger partial charge in [-0.15, -0.1) is 0 Å². The summed E-state index contributed by atoms with van der Waals surface area (Å²) in [4.78, 5) is 122. The molecule has 5 unspecified atom stereocenters. The van der Waals surface area contributed by atoms with Gasteiger partial charge in [0.1, 0.15) is 35.8 Å². The Hall–Kier alpha value is -5.17. The SMILES string of the molecule is CCNCCCCC(NC(=O)CCCCCNC(=O)CCCCCNC(=O)OC(C)(C)C)C(=O)NC(CCCCNCC)C(=O)NC(CCCCNCC)C(=O)NC(CCCCNCC)C(=O)NC(CCCCNCC)C(=O)NCCCCCC(=O)NCC. The molecule has 0 radical (unpaired) electrons. The number of carbonyl (C=O) groups is 9. The normalized spacial score (nSPS) is 13.0. The first-order valence-corrected chi connectivity index (χ1v) is 34.7. The summed E-state index contributed by atoms with van der Waals surface area (Å²) >= 11 is 0. The van der Waals surface area contributed by atoms with Crippen LogP contribution in [0.15, 0.2) is 0 Å². The molecule has 9 amide bonds. The second-order valence-electron chi connectivity index (χ2n) is 24.1. The van der Waals surface area contributed by atoms with Crippen molar-refractivity contribution in [2.24, 2.45) is 0 Å². The predicted octanol–water partition coefficient (Wildman–Crippen LogP) is 4.88. The maximum atomic E-state index is 14.7. The van der Waals surface area contributed by atoms with Gasteiger partial charge in [-0.1, -0.05) is 53.9 Å². The summed E-state index contributed by atoms with van der Waals surface area (Å²) in [5.41, 5.74) is -0.561. The van der Waals surface area contributed by atoms with Crippen molar-refractivity contribution in [3.63, 3.8) is 0 Å². The molecule has 0 spiro atoms. The molecule has 0 saturated carbocycles. The second kappa shape index (κ2) is 56.8. The Morgan fingerprint density at radius 3 is 0.888 bits per heavy atom. The number of unbranched alkanes of at least 4 members (excludes halogenated alkanes) is 11. The third-order valence-corrected chi connectivity index (χ3v) is 14.8. The fraction of sp³-hybridized carbons (Fsp3) is 0.862. The average Bonchev–Trinajstić information content (AvgIpc) is 3.49. The lowest BCUT2D eigenvalue weighted by Crippen LogP contribution is -2.59. The molecule has 0 aromatic carbocycles. The summed E-state index contributed by atoms with van der Waals surface area (Å²) in [7, 11) is 0. The Morgan fingerprint density at radius 2 is 0.562 bits per heavy atom. The van der Waals surface area contributed by atoms with Crippen LogP contribution in [-0.2, 0) is 43.1 Å². The monoisotopic (exact) mass is 1260 g/mol. The standard InChI is InChI=1S/C65H128N14O10/c1-10-66-43-30-22-35-51(59(83)73-49-28-16-19-40-56(80)71-15-6)76-61(85)53(37-24-32-45-68-12-3)78-63(87)55(39-26-34-47-70-14-5)79-62(86)54(38-25-33-46-69-13-4)77-60(84)52(36-23-31-44-67-11-2)75-58(82)42-21-18-27-48-72-57(81)41-20-17-29-50-74-64(88)89-65(7,8)9/h51-55,66-70H,10-50H2,1-9H3,(H,71,80)(H,72,81)(H,73,83)(H,74,88)(H,75,82)(H,76,85)(H,77,84)(H,78,87)(H,79,86). The number of hydrogen-bond donors (Lipinski definition) is 14. The third kappa shape index (κ3) is 49.2. The lowest BCUT2D eigenvalue weighted by Gasteiger charge is -2.27. The molecule has 5 atom stereocenters. The van der Waals surface area contributed by atoms with E-state index in [0.29, 0.717) is 136 Å². The third-order valence-electron chi connectivity index (χ3n) is 14.8. The fourth-order valence-electron chi connectivity index (χ4n) is 9.78. The Morgan fingerprint density at radius 1 is 0.281 bits per heavy atom.